The fourth-order valence-electron chi connectivity index (χ4n) is 2.66. The Hall–Kier alpha value is -2.22. The van der Waals surface area contributed by atoms with Crippen LogP contribution < -0.4 is 0 Å². The summed E-state index contributed by atoms with van der Waals surface area (Å²) in [5, 5.41) is 0. The average Bonchev–Trinajstić information content (AvgIpc) is 2.63. The summed E-state index contributed by atoms with van der Waals surface area (Å²) in [7, 11) is 0. The highest BCUT2D eigenvalue weighted by atomic mass is 14.8. The Labute approximate surface area is 146 Å². The minimum atomic E-state index is 1.05. The lowest BCUT2D eigenvalue weighted by Gasteiger charge is -2.04. The second-order valence-corrected chi connectivity index (χ2v) is 6.02. The third-order valence-corrected chi connectivity index (χ3v) is 4.08. The van der Waals surface area contributed by atoms with Crippen LogP contribution in [-0.2, 0) is 12.8 Å². The zero-order valence-corrected chi connectivity index (χ0v) is 14.9. The van der Waals surface area contributed by atoms with Crippen LogP contribution in [0.15, 0.2) is 58.5 Å². The van der Waals surface area contributed by atoms with Crippen LogP contribution in [-0.4, -0.2) is 12.4 Å². The summed E-state index contributed by atoms with van der Waals surface area (Å²) >= 11 is 0. The molecule has 0 bridgehead atoms. The van der Waals surface area contributed by atoms with E-state index in [0.717, 1.165) is 24.2 Å². The molecule has 0 amide bonds. The maximum atomic E-state index is 4.59. The van der Waals surface area contributed by atoms with E-state index in [1.807, 2.05) is 12.1 Å². The summed E-state index contributed by atoms with van der Waals surface area (Å²) in [5.74, 6) is 0. The van der Waals surface area contributed by atoms with E-state index in [0.29, 0.717) is 0 Å². The molecular formula is C22H28N2. The van der Waals surface area contributed by atoms with Gasteiger partial charge >= 0.3 is 0 Å². The van der Waals surface area contributed by atoms with Gasteiger partial charge in [0.25, 0.3) is 0 Å². The quantitative estimate of drug-likeness (QED) is 0.473. The summed E-state index contributed by atoms with van der Waals surface area (Å²) in [6.45, 7) is 4.43. The monoisotopic (exact) mass is 320 g/mol. The van der Waals surface area contributed by atoms with Gasteiger partial charge in [0.1, 0.15) is 0 Å². The van der Waals surface area contributed by atoms with Gasteiger partial charge in [0, 0.05) is 12.4 Å². The highest BCUT2D eigenvalue weighted by molar-refractivity contribution is 6.17. The fraction of sp³-hybridized carbons (Fsp3) is 0.364. The van der Waals surface area contributed by atoms with Gasteiger partial charge in [0.15, 0.2) is 0 Å². The molecule has 2 nitrogen and oxygen atoms in total. The normalized spacial score (nSPS) is 11.6. The van der Waals surface area contributed by atoms with E-state index in [4.69, 9.17) is 0 Å². The number of unbranched alkanes of at least 4 members (excludes halogenated alkanes) is 2. The van der Waals surface area contributed by atoms with Gasteiger partial charge in [-0.15, -0.1) is 0 Å². The first kappa shape index (κ1) is 18.1. The molecule has 2 aromatic rings. The van der Waals surface area contributed by atoms with E-state index in [1.165, 1.54) is 36.8 Å². The van der Waals surface area contributed by atoms with Crippen molar-refractivity contribution in [3.8, 4) is 0 Å². The van der Waals surface area contributed by atoms with Crippen molar-refractivity contribution in [1.29, 1.82) is 0 Å². The maximum absolute atomic E-state index is 4.59. The number of benzene rings is 2. The second-order valence-electron chi connectivity index (χ2n) is 6.02. The van der Waals surface area contributed by atoms with Gasteiger partial charge in [0.2, 0.25) is 0 Å². The van der Waals surface area contributed by atoms with Crippen LogP contribution in [0.5, 0.6) is 0 Å². The van der Waals surface area contributed by atoms with Crippen molar-refractivity contribution in [2.75, 3.05) is 0 Å². The minimum Gasteiger partial charge on any atom is -0.255 e. The first-order valence-corrected chi connectivity index (χ1v) is 9.07. The smallest absolute Gasteiger partial charge is 0.0662 e. The average molecular weight is 320 g/mol. The van der Waals surface area contributed by atoms with Crippen molar-refractivity contribution in [1.82, 2.24) is 0 Å². The molecule has 0 unspecified atom stereocenters. The zero-order chi connectivity index (χ0) is 17.0. The summed E-state index contributed by atoms with van der Waals surface area (Å²) in [4.78, 5) is 9.18. The number of para-hydroxylation sites is 2. The molecule has 0 aliphatic rings. The highest BCUT2D eigenvalue weighted by Crippen LogP contribution is 2.21. The van der Waals surface area contributed by atoms with Gasteiger partial charge < -0.3 is 0 Å². The predicted molar refractivity (Wildman–Crippen MR) is 106 cm³/mol. The van der Waals surface area contributed by atoms with Crippen LogP contribution in [0.25, 0.3) is 0 Å². The summed E-state index contributed by atoms with van der Waals surface area (Å²) in [6.07, 6.45) is 10.6. The molecule has 0 atom stereocenters. The van der Waals surface area contributed by atoms with Crippen LogP contribution >= 0.6 is 0 Å². The van der Waals surface area contributed by atoms with E-state index in [2.05, 4.69) is 60.2 Å². The number of hydrogen-bond donors (Lipinski definition) is 0. The van der Waals surface area contributed by atoms with Gasteiger partial charge in [0.05, 0.1) is 11.4 Å². The highest BCUT2D eigenvalue weighted by Gasteiger charge is 1.99. The topological polar surface area (TPSA) is 24.7 Å². The van der Waals surface area contributed by atoms with Crippen molar-refractivity contribution in [2.45, 2.75) is 52.4 Å². The van der Waals surface area contributed by atoms with Crippen molar-refractivity contribution >= 4 is 23.8 Å². The molecule has 0 aromatic heterocycles. The van der Waals surface area contributed by atoms with E-state index in [-0.39, 0.29) is 0 Å². The van der Waals surface area contributed by atoms with Crippen molar-refractivity contribution in [3.05, 3.63) is 59.7 Å². The molecule has 2 rings (SSSR count). The standard InChI is InChI=1S/C22H28N2/c1-3-5-11-19-13-7-9-15-21(19)23-17-18-24-22-16-10-8-14-20(22)12-6-4-2/h7-10,13-18H,3-6,11-12H2,1-2H3. The number of hydrogen-bond acceptors (Lipinski definition) is 2. The van der Waals surface area contributed by atoms with Crippen molar-refractivity contribution in [3.63, 3.8) is 0 Å². The Morgan fingerprint density at radius 2 is 1.08 bits per heavy atom. The Bertz CT molecular complexity index is 612. The Balaban J connectivity index is 2.05. The molecule has 24 heavy (non-hydrogen) atoms. The molecule has 2 aromatic carbocycles. The lowest BCUT2D eigenvalue weighted by molar-refractivity contribution is 0.795. The van der Waals surface area contributed by atoms with E-state index in [1.54, 1.807) is 12.4 Å². The van der Waals surface area contributed by atoms with Gasteiger partial charge in [-0.05, 0) is 48.9 Å². The molecule has 0 radical (unpaired) electrons. The van der Waals surface area contributed by atoms with Crippen LogP contribution in [0.3, 0.4) is 0 Å². The third-order valence-electron chi connectivity index (χ3n) is 4.08. The van der Waals surface area contributed by atoms with Crippen LogP contribution in [0.1, 0.15) is 50.7 Å². The lowest BCUT2D eigenvalue weighted by Crippen LogP contribution is -1.87. The van der Waals surface area contributed by atoms with Gasteiger partial charge in [-0.2, -0.15) is 0 Å². The lowest BCUT2D eigenvalue weighted by atomic mass is 10.1. The molecule has 0 saturated carbocycles. The summed E-state index contributed by atoms with van der Waals surface area (Å²) in [5.41, 5.74) is 4.73. The molecular weight excluding hydrogens is 292 g/mol. The number of aliphatic imine (C=N–C) groups is 2. The number of aryl methyl sites for hydroxylation is 2. The minimum absolute atomic E-state index is 1.05. The Kier molecular flexibility index (Phi) is 7.96. The van der Waals surface area contributed by atoms with Crippen molar-refractivity contribution < 1.29 is 0 Å². The van der Waals surface area contributed by atoms with Gasteiger partial charge in [-0.25, -0.2) is 0 Å². The largest absolute Gasteiger partial charge is 0.255 e. The Morgan fingerprint density at radius 3 is 1.50 bits per heavy atom. The third kappa shape index (κ3) is 5.77. The molecule has 0 saturated heterocycles. The molecule has 0 aliphatic carbocycles. The van der Waals surface area contributed by atoms with Crippen LogP contribution in [0.4, 0.5) is 11.4 Å². The summed E-state index contributed by atoms with van der Waals surface area (Å²) in [6, 6.07) is 16.7. The first-order valence-electron chi connectivity index (χ1n) is 9.07. The SMILES string of the molecule is CCCCc1ccccc1N=CC=Nc1ccccc1CCCC. The predicted octanol–water partition coefficient (Wildman–Crippen LogP) is 6.48. The van der Waals surface area contributed by atoms with E-state index in [9.17, 15) is 0 Å². The van der Waals surface area contributed by atoms with Gasteiger partial charge in [-0.3, -0.25) is 9.98 Å². The molecule has 0 N–H and O–H groups in total. The second kappa shape index (κ2) is 10.5. The molecule has 0 spiro atoms. The molecule has 0 aliphatic heterocycles. The number of nitrogens with zero attached hydrogens (tertiary/aromatic N) is 2. The van der Waals surface area contributed by atoms with Crippen LogP contribution in [0, 0.1) is 0 Å². The molecule has 0 fully saturated rings. The van der Waals surface area contributed by atoms with E-state index >= 15 is 0 Å². The number of rotatable bonds is 9. The summed E-state index contributed by atoms with van der Waals surface area (Å²) < 4.78 is 0. The zero-order valence-electron chi connectivity index (χ0n) is 14.9. The first-order chi connectivity index (χ1) is 11.8. The Morgan fingerprint density at radius 1 is 0.667 bits per heavy atom. The molecule has 126 valence electrons. The van der Waals surface area contributed by atoms with Gasteiger partial charge in [-0.1, -0.05) is 63.1 Å². The molecule has 0 heterocycles. The fourth-order valence-corrected chi connectivity index (χ4v) is 2.66. The molecule has 2 heteroatoms. The van der Waals surface area contributed by atoms with Crippen LogP contribution in [0.2, 0.25) is 0 Å². The van der Waals surface area contributed by atoms with E-state index < -0.39 is 0 Å². The van der Waals surface area contributed by atoms with Crippen molar-refractivity contribution in [2.24, 2.45) is 9.98 Å². The maximum Gasteiger partial charge on any atom is 0.0662 e.